The quantitative estimate of drug-likeness (QED) is 0.173. The molecule has 4 aromatic carbocycles. The molecule has 0 fully saturated rings. The summed E-state index contributed by atoms with van der Waals surface area (Å²) in [5, 5.41) is 18.7. The molecule has 2 heterocycles. The number of methoxy groups -OCH3 is 1. The molecule has 1 aromatic heterocycles. The SMILES string of the molecule is COc1ccc2c3c(c(Br)cc2c1)C(Cc1ccc(C(=O)NCCC(=O)O)cc1)n1nc(-c2cc(Cl)cc(Cl)c2)c(F)c1-3. The first kappa shape index (κ1) is 29.2. The van der Waals surface area contributed by atoms with Gasteiger partial charge in [-0.3, -0.25) is 14.3 Å². The Morgan fingerprint density at radius 2 is 1.79 bits per heavy atom. The predicted molar refractivity (Wildman–Crippen MR) is 168 cm³/mol. The fraction of sp³-hybridized carbons (Fsp3) is 0.156. The van der Waals surface area contributed by atoms with Crippen molar-refractivity contribution in [2.45, 2.75) is 18.9 Å². The third kappa shape index (κ3) is 5.48. The maximum absolute atomic E-state index is 16.5. The minimum atomic E-state index is -0.985. The van der Waals surface area contributed by atoms with Crippen LogP contribution in [0.3, 0.4) is 0 Å². The van der Waals surface area contributed by atoms with E-state index in [9.17, 15) is 9.59 Å². The summed E-state index contributed by atoms with van der Waals surface area (Å²) in [6, 6.07) is 19.2. The number of carboxylic acids is 1. The minimum Gasteiger partial charge on any atom is -0.497 e. The number of carbonyl (C=O) groups excluding carboxylic acids is 1. The highest BCUT2D eigenvalue weighted by molar-refractivity contribution is 9.10. The van der Waals surface area contributed by atoms with Gasteiger partial charge in [0.25, 0.3) is 5.91 Å². The summed E-state index contributed by atoms with van der Waals surface area (Å²) in [6.07, 6.45) is 0.297. The molecule has 11 heteroatoms. The number of halogens is 4. The van der Waals surface area contributed by atoms with E-state index in [0.29, 0.717) is 39.0 Å². The molecule has 43 heavy (non-hydrogen) atoms. The van der Waals surface area contributed by atoms with Crippen molar-refractivity contribution in [3.05, 3.63) is 104 Å². The molecule has 7 nitrogen and oxygen atoms in total. The largest absolute Gasteiger partial charge is 0.497 e. The number of nitrogens with zero attached hydrogens (tertiary/aromatic N) is 2. The summed E-state index contributed by atoms with van der Waals surface area (Å²) in [5.74, 6) is -1.14. The van der Waals surface area contributed by atoms with Crippen LogP contribution in [0.2, 0.25) is 10.0 Å². The van der Waals surface area contributed by atoms with Crippen LogP contribution in [0.15, 0.2) is 71.2 Å². The monoisotopic (exact) mass is 681 g/mol. The number of carboxylic acid groups (broad SMARTS) is 1. The molecule has 5 aromatic rings. The number of aromatic nitrogens is 2. The number of fused-ring (bicyclic) bond motifs is 5. The highest BCUT2D eigenvalue weighted by Gasteiger charge is 2.38. The van der Waals surface area contributed by atoms with Gasteiger partial charge in [0.2, 0.25) is 0 Å². The third-order valence-electron chi connectivity index (χ3n) is 7.46. The Morgan fingerprint density at radius 3 is 2.47 bits per heavy atom. The van der Waals surface area contributed by atoms with E-state index in [0.717, 1.165) is 31.9 Å². The van der Waals surface area contributed by atoms with Gasteiger partial charge in [-0.25, -0.2) is 4.39 Å². The number of rotatable bonds is 8. The molecule has 0 radical (unpaired) electrons. The standard InChI is InChI=1S/C32H23BrCl2FN3O4/c1-43-22-6-7-23-18(13-22)14-24(33)28-25(10-16-2-4-17(5-3-16)32(42)37-9-8-26(40)41)39-31(27(23)28)29(36)30(38-39)19-11-20(34)15-21(35)12-19/h2-7,11-15,25H,8-10H2,1H3,(H,37,42)(H,40,41). The van der Waals surface area contributed by atoms with Gasteiger partial charge < -0.3 is 15.2 Å². The number of ether oxygens (including phenoxy) is 1. The zero-order valence-electron chi connectivity index (χ0n) is 22.6. The third-order valence-corrected chi connectivity index (χ3v) is 8.55. The molecule has 0 saturated carbocycles. The molecule has 1 aliphatic heterocycles. The van der Waals surface area contributed by atoms with E-state index in [4.69, 9.17) is 38.1 Å². The number of aliphatic carboxylic acids is 1. The lowest BCUT2D eigenvalue weighted by atomic mass is 9.92. The van der Waals surface area contributed by atoms with Crippen molar-refractivity contribution < 1.29 is 23.8 Å². The zero-order chi connectivity index (χ0) is 30.4. The van der Waals surface area contributed by atoms with E-state index in [1.807, 2.05) is 36.4 Å². The van der Waals surface area contributed by atoms with Crippen LogP contribution in [0, 0.1) is 5.82 Å². The van der Waals surface area contributed by atoms with Crippen LogP contribution in [0.25, 0.3) is 33.3 Å². The van der Waals surface area contributed by atoms with E-state index >= 15 is 4.39 Å². The number of benzene rings is 4. The summed E-state index contributed by atoms with van der Waals surface area (Å²) in [5.41, 5.74) is 3.91. The van der Waals surface area contributed by atoms with Crippen molar-refractivity contribution in [3.63, 3.8) is 0 Å². The van der Waals surface area contributed by atoms with Crippen molar-refractivity contribution in [3.8, 4) is 28.3 Å². The molecule has 2 N–H and O–H groups in total. The van der Waals surface area contributed by atoms with Crippen LogP contribution in [0.1, 0.15) is 33.9 Å². The van der Waals surface area contributed by atoms with Crippen LogP contribution in [0.4, 0.5) is 4.39 Å². The zero-order valence-corrected chi connectivity index (χ0v) is 25.7. The maximum atomic E-state index is 16.5. The second-order valence-corrected chi connectivity index (χ2v) is 11.9. The van der Waals surface area contributed by atoms with Crippen LogP contribution in [-0.4, -0.2) is 40.4 Å². The van der Waals surface area contributed by atoms with Crippen molar-refractivity contribution in [2.75, 3.05) is 13.7 Å². The smallest absolute Gasteiger partial charge is 0.305 e. The molecule has 1 amide bonds. The number of nitrogens with one attached hydrogen (secondary N) is 1. The maximum Gasteiger partial charge on any atom is 0.305 e. The topological polar surface area (TPSA) is 93.5 Å². The number of hydrogen-bond acceptors (Lipinski definition) is 4. The van der Waals surface area contributed by atoms with Gasteiger partial charge in [-0.15, -0.1) is 0 Å². The Balaban J connectivity index is 1.44. The summed E-state index contributed by atoms with van der Waals surface area (Å²) in [4.78, 5) is 23.2. The molecule has 1 unspecified atom stereocenters. The van der Waals surface area contributed by atoms with E-state index in [1.165, 1.54) is 0 Å². The van der Waals surface area contributed by atoms with Gasteiger partial charge in [0, 0.05) is 43.3 Å². The number of amides is 1. The van der Waals surface area contributed by atoms with Gasteiger partial charge >= 0.3 is 5.97 Å². The summed E-state index contributed by atoms with van der Waals surface area (Å²) in [6.45, 7) is 0.0381. The van der Waals surface area contributed by atoms with Gasteiger partial charge in [0.1, 0.15) is 17.1 Å². The molecule has 6 rings (SSSR count). The van der Waals surface area contributed by atoms with E-state index in [1.54, 1.807) is 42.1 Å². The second kappa shape index (κ2) is 11.6. The molecule has 1 aliphatic rings. The van der Waals surface area contributed by atoms with Crippen molar-refractivity contribution >= 4 is 61.8 Å². The Kier molecular flexibility index (Phi) is 7.89. The van der Waals surface area contributed by atoms with Crippen molar-refractivity contribution in [1.29, 1.82) is 0 Å². The Labute approximate surface area is 264 Å². The van der Waals surface area contributed by atoms with Gasteiger partial charge in [0.15, 0.2) is 5.82 Å². The van der Waals surface area contributed by atoms with Gasteiger partial charge in [-0.2, -0.15) is 5.10 Å². The van der Waals surface area contributed by atoms with E-state index < -0.39 is 11.8 Å². The van der Waals surface area contributed by atoms with Crippen LogP contribution in [-0.2, 0) is 11.2 Å². The Hall–Kier alpha value is -3.92. The van der Waals surface area contributed by atoms with E-state index in [2.05, 4.69) is 21.2 Å². The molecule has 0 saturated heterocycles. The summed E-state index contributed by atoms with van der Waals surface area (Å²) in [7, 11) is 1.60. The first-order valence-electron chi connectivity index (χ1n) is 13.3. The molecular formula is C32H23BrCl2FN3O4. The number of carbonyl (C=O) groups is 2. The molecule has 0 spiro atoms. The lowest BCUT2D eigenvalue weighted by Gasteiger charge is -2.17. The minimum absolute atomic E-state index is 0.0381. The molecule has 0 bridgehead atoms. The van der Waals surface area contributed by atoms with Crippen molar-refractivity contribution in [2.24, 2.45) is 0 Å². The first-order valence-corrected chi connectivity index (χ1v) is 14.8. The van der Waals surface area contributed by atoms with Crippen molar-refractivity contribution in [1.82, 2.24) is 15.1 Å². The fourth-order valence-corrected chi connectivity index (χ4v) is 6.76. The van der Waals surface area contributed by atoms with Gasteiger partial charge in [-0.05, 0) is 71.3 Å². The Bertz CT molecular complexity index is 1910. The van der Waals surface area contributed by atoms with Gasteiger partial charge in [0.05, 0.1) is 19.6 Å². The lowest BCUT2D eigenvalue weighted by Crippen LogP contribution is -2.25. The molecule has 0 aliphatic carbocycles. The van der Waals surface area contributed by atoms with Crippen LogP contribution < -0.4 is 10.1 Å². The first-order chi connectivity index (χ1) is 20.6. The van der Waals surface area contributed by atoms with Crippen LogP contribution >= 0.6 is 39.1 Å². The predicted octanol–water partition coefficient (Wildman–Crippen LogP) is 7.94. The highest BCUT2D eigenvalue weighted by atomic mass is 79.9. The van der Waals surface area contributed by atoms with E-state index in [-0.39, 0.29) is 30.6 Å². The lowest BCUT2D eigenvalue weighted by molar-refractivity contribution is -0.136. The average Bonchev–Trinajstić information content (AvgIpc) is 3.47. The highest BCUT2D eigenvalue weighted by Crippen LogP contribution is 2.51. The molecular weight excluding hydrogens is 660 g/mol. The van der Waals surface area contributed by atoms with Crippen LogP contribution in [0.5, 0.6) is 5.75 Å². The van der Waals surface area contributed by atoms with Gasteiger partial charge in [-0.1, -0.05) is 57.3 Å². The summed E-state index contributed by atoms with van der Waals surface area (Å²) < 4.78 is 24.4. The fourth-order valence-electron chi connectivity index (χ4n) is 5.53. The molecule has 1 atom stereocenters. The second-order valence-electron chi connectivity index (χ2n) is 10.2. The molecule has 218 valence electrons. The Morgan fingerprint density at radius 1 is 1.07 bits per heavy atom. The average molecular weight is 683 g/mol. The summed E-state index contributed by atoms with van der Waals surface area (Å²) >= 11 is 16.3. The normalized spacial score (nSPS) is 13.6. The number of hydrogen-bond donors (Lipinski definition) is 2.